The Morgan fingerprint density at radius 1 is 1.19 bits per heavy atom. The summed E-state index contributed by atoms with van der Waals surface area (Å²) in [5.41, 5.74) is 0.714. The van der Waals surface area contributed by atoms with Crippen molar-refractivity contribution in [3.8, 4) is 11.8 Å². The van der Waals surface area contributed by atoms with E-state index in [1.165, 1.54) is 35.2 Å². The number of anilines is 2. The minimum atomic E-state index is -4.47. The van der Waals surface area contributed by atoms with Crippen LogP contribution in [0.25, 0.3) is 0 Å². The zero-order valence-corrected chi connectivity index (χ0v) is 18.7. The maximum Gasteiger partial charge on any atom is 0.405 e. The zero-order valence-electron chi connectivity index (χ0n) is 18.7. The minimum Gasteiger partial charge on any atom is -0.320 e. The van der Waals surface area contributed by atoms with E-state index in [2.05, 4.69) is 27.4 Å². The van der Waals surface area contributed by atoms with E-state index in [1.807, 2.05) is 0 Å². The number of hydrogen-bond acceptors (Lipinski definition) is 5. The Labute approximate surface area is 201 Å². The van der Waals surface area contributed by atoms with E-state index in [0.29, 0.717) is 5.84 Å². The van der Waals surface area contributed by atoms with Crippen LogP contribution in [0.5, 0.6) is 0 Å². The number of benzene rings is 2. The molecule has 1 N–H and O–H groups in total. The monoisotopic (exact) mass is 509 g/mol. The summed E-state index contributed by atoms with van der Waals surface area (Å²) in [5.74, 6) is 2.42. The second kappa shape index (κ2) is 8.43. The van der Waals surface area contributed by atoms with E-state index in [-0.39, 0.29) is 41.2 Å². The third-order valence-electron chi connectivity index (χ3n) is 6.21. The van der Waals surface area contributed by atoms with Gasteiger partial charge in [-0.1, -0.05) is 17.9 Å². The molecule has 1 aliphatic carbocycles. The number of fused-ring (bicyclic) bond motifs is 3. The molecule has 36 heavy (non-hydrogen) atoms. The molecule has 0 bridgehead atoms. The van der Waals surface area contributed by atoms with Crippen LogP contribution in [-0.2, 0) is 0 Å². The molecule has 5 nitrogen and oxygen atoms in total. The largest absolute Gasteiger partial charge is 0.405 e. The van der Waals surface area contributed by atoms with Crippen molar-refractivity contribution >= 4 is 23.0 Å². The smallest absolute Gasteiger partial charge is 0.320 e. The lowest BCUT2D eigenvalue weighted by molar-refractivity contribution is -0.168. The van der Waals surface area contributed by atoms with Gasteiger partial charge in [0.05, 0.1) is 17.8 Å². The molecule has 2 aromatic rings. The molecule has 0 amide bonds. The SMILES string of the molecule is CC1=NNC2N=C(N(CC(F)F)c3cccc(C#CC4(C(F)(F)F)CC4)c3)c3c(ccc(F)c3F)N12. The lowest BCUT2D eigenvalue weighted by Gasteiger charge is -2.35. The minimum absolute atomic E-state index is 0.0800. The van der Waals surface area contributed by atoms with Crippen LogP contribution in [0.2, 0.25) is 0 Å². The predicted octanol–water partition coefficient (Wildman–Crippen LogP) is 5.22. The Hall–Kier alpha value is -3.75. The fourth-order valence-electron chi connectivity index (χ4n) is 4.17. The number of rotatable bonds is 3. The highest BCUT2D eigenvalue weighted by atomic mass is 19.4. The molecule has 0 aromatic heterocycles. The molecule has 0 saturated heterocycles. The van der Waals surface area contributed by atoms with Gasteiger partial charge in [0.15, 0.2) is 11.6 Å². The first kappa shape index (κ1) is 24.0. The maximum atomic E-state index is 15.1. The lowest BCUT2D eigenvalue weighted by atomic mass is 10.0. The topological polar surface area (TPSA) is 43.2 Å². The number of nitrogens with one attached hydrogen (secondary N) is 1. The van der Waals surface area contributed by atoms with Crippen LogP contribution in [0.3, 0.4) is 0 Å². The number of hydrogen-bond donors (Lipinski definition) is 1. The van der Waals surface area contributed by atoms with Gasteiger partial charge < -0.3 is 4.90 Å². The van der Waals surface area contributed by atoms with Crippen molar-refractivity contribution < 1.29 is 30.7 Å². The van der Waals surface area contributed by atoms with Crippen LogP contribution in [0.4, 0.5) is 42.1 Å². The normalized spacial score (nSPS) is 19.5. The Bertz CT molecular complexity index is 1330. The van der Waals surface area contributed by atoms with Gasteiger partial charge in [-0.05, 0) is 50.1 Å². The first-order valence-corrected chi connectivity index (χ1v) is 10.9. The first-order valence-electron chi connectivity index (χ1n) is 10.9. The number of nitrogens with zero attached hydrogens (tertiary/aromatic N) is 4. The number of aliphatic imine (C=N–C) groups is 1. The highest BCUT2D eigenvalue weighted by Crippen LogP contribution is 2.57. The standard InChI is InChI=1S/C24H18F7N5/c1-13-33-34-22-32-21(19-17(36(13)22)6-5-16(25)20(19)28)35(12-18(26)27)15-4-2-3-14(11-15)7-8-23(9-10-23)24(29,30)31/h2-6,11,18,22,34H,9-10,12H2,1H3. The Kier molecular flexibility index (Phi) is 5.61. The molecular weight excluding hydrogens is 491 g/mol. The summed E-state index contributed by atoms with van der Waals surface area (Å²) in [6, 6.07) is 7.83. The van der Waals surface area contributed by atoms with Crippen molar-refractivity contribution in [2.45, 2.75) is 38.7 Å². The van der Waals surface area contributed by atoms with E-state index in [0.717, 1.165) is 11.0 Å². The van der Waals surface area contributed by atoms with Crippen LogP contribution in [0.1, 0.15) is 30.9 Å². The van der Waals surface area contributed by atoms with Crippen molar-refractivity contribution in [2.75, 3.05) is 16.3 Å². The quantitative estimate of drug-likeness (QED) is 0.456. The highest BCUT2D eigenvalue weighted by Gasteiger charge is 2.62. The summed E-state index contributed by atoms with van der Waals surface area (Å²) >= 11 is 0. The lowest BCUT2D eigenvalue weighted by Crippen LogP contribution is -2.47. The van der Waals surface area contributed by atoms with Crippen molar-refractivity contribution in [3.63, 3.8) is 0 Å². The molecule has 12 heteroatoms. The van der Waals surface area contributed by atoms with E-state index in [9.17, 15) is 26.3 Å². The van der Waals surface area contributed by atoms with E-state index in [4.69, 9.17) is 0 Å². The van der Waals surface area contributed by atoms with Crippen LogP contribution < -0.4 is 15.2 Å². The number of alkyl halides is 5. The Morgan fingerprint density at radius 2 is 1.94 bits per heavy atom. The summed E-state index contributed by atoms with van der Waals surface area (Å²) in [6.45, 7) is 0.676. The molecular formula is C24H18F7N5. The number of halogens is 7. The Balaban J connectivity index is 1.59. The van der Waals surface area contributed by atoms with Crippen molar-refractivity contribution in [1.82, 2.24) is 5.43 Å². The Morgan fingerprint density at radius 3 is 2.61 bits per heavy atom. The fourth-order valence-corrected chi connectivity index (χ4v) is 4.17. The third kappa shape index (κ3) is 4.02. The summed E-state index contributed by atoms with van der Waals surface area (Å²) < 4.78 is 96.5. The molecule has 2 heterocycles. The molecule has 2 aromatic carbocycles. The van der Waals surface area contributed by atoms with Crippen LogP contribution in [0.15, 0.2) is 46.5 Å². The van der Waals surface area contributed by atoms with E-state index in [1.54, 1.807) is 6.92 Å². The maximum absolute atomic E-state index is 15.1. The van der Waals surface area contributed by atoms with Gasteiger partial charge in [-0.3, -0.25) is 10.3 Å². The van der Waals surface area contributed by atoms with Crippen molar-refractivity contribution in [2.24, 2.45) is 15.5 Å². The molecule has 2 aliphatic heterocycles. The van der Waals surface area contributed by atoms with Crippen LogP contribution in [-0.4, -0.2) is 37.1 Å². The molecule has 0 spiro atoms. The number of hydrazone groups is 1. The van der Waals surface area contributed by atoms with Gasteiger partial charge in [0.2, 0.25) is 6.29 Å². The van der Waals surface area contributed by atoms with Crippen molar-refractivity contribution in [3.05, 3.63) is 59.2 Å². The zero-order chi connectivity index (χ0) is 25.8. The van der Waals surface area contributed by atoms with Gasteiger partial charge in [-0.15, -0.1) is 0 Å². The second-order valence-corrected chi connectivity index (χ2v) is 8.62. The van der Waals surface area contributed by atoms with Gasteiger partial charge in [-0.2, -0.15) is 18.3 Å². The van der Waals surface area contributed by atoms with Gasteiger partial charge in [0.25, 0.3) is 6.43 Å². The van der Waals surface area contributed by atoms with E-state index >= 15 is 4.39 Å². The summed E-state index contributed by atoms with van der Waals surface area (Å²) in [4.78, 5) is 6.84. The fraction of sp³-hybridized carbons (Fsp3) is 0.333. The average Bonchev–Trinajstić information content (AvgIpc) is 3.55. The third-order valence-corrected chi connectivity index (χ3v) is 6.21. The molecule has 1 atom stereocenters. The van der Waals surface area contributed by atoms with Gasteiger partial charge in [0, 0.05) is 11.3 Å². The molecule has 1 unspecified atom stereocenters. The summed E-state index contributed by atoms with van der Waals surface area (Å²) in [5, 5.41) is 4.04. The van der Waals surface area contributed by atoms with Crippen LogP contribution >= 0.6 is 0 Å². The van der Waals surface area contributed by atoms with E-state index < -0.39 is 42.5 Å². The number of amidine groups is 2. The van der Waals surface area contributed by atoms with Crippen LogP contribution in [0, 0.1) is 28.9 Å². The molecule has 1 saturated carbocycles. The first-order chi connectivity index (χ1) is 17.0. The summed E-state index contributed by atoms with van der Waals surface area (Å²) in [6.07, 6.45) is -8.48. The molecule has 0 radical (unpaired) electrons. The predicted molar refractivity (Wildman–Crippen MR) is 120 cm³/mol. The average molecular weight is 509 g/mol. The molecule has 1 fully saturated rings. The summed E-state index contributed by atoms with van der Waals surface area (Å²) in [7, 11) is 0. The van der Waals surface area contributed by atoms with Crippen molar-refractivity contribution in [1.29, 1.82) is 0 Å². The highest BCUT2D eigenvalue weighted by molar-refractivity contribution is 6.17. The second-order valence-electron chi connectivity index (χ2n) is 8.62. The van der Waals surface area contributed by atoms with Gasteiger partial charge in [0.1, 0.15) is 17.1 Å². The molecule has 3 aliphatic rings. The molecule has 188 valence electrons. The molecule has 5 rings (SSSR count). The van der Waals surface area contributed by atoms with Gasteiger partial charge >= 0.3 is 6.18 Å². The van der Waals surface area contributed by atoms with Gasteiger partial charge in [-0.25, -0.2) is 22.6 Å².